The average molecular weight is 570 g/mol. The summed E-state index contributed by atoms with van der Waals surface area (Å²) in [4.78, 5) is 0. The first kappa shape index (κ1) is 4940. The molecule has 138 valence electrons. The minimum absolute atomic E-state index is 0. The van der Waals surface area contributed by atoms with E-state index in [2.05, 4.69) is 0 Å². The molecule has 19 heteroatoms. The number of nitrogens with two attached hydrogens (primary N) is 8. The average Bonchev–Trinajstić information content (AvgIpc) is 0. The van der Waals surface area contributed by atoms with Crippen LogP contribution in [0.15, 0.2) is 0 Å². The molecule has 38 N–H and O–H groups in total. The number of rotatable bonds is 0. The zero-order chi connectivity index (χ0) is 0. The smallest absolute Gasteiger partial charge is 0.693 e. The monoisotopic (exact) mass is 572 g/mol. The molecule has 0 unspecified atom stereocenters. The van der Waals surface area contributed by atoms with Crippen LogP contribution in [0.2, 0.25) is 0 Å². The number of hydrogen-bond acceptors (Lipinski definition) is 6. The minimum atomic E-state index is 0. The summed E-state index contributed by atoms with van der Waals surface area (Å²) in [7, 11) is 0. The Kier molecular flexibility index (Phi) is 1100000. The molecule has 0 aliphatic heterocycles. The van der Waals surface area contributed by atoms with E-state index >= 15 is 0 Å². The quantitative estimate of drug-likeness (QED) is 0.216. The molecule has 0 aromatic carbocycles. The van der Waals surface area contributed by atoms with Crippen molar-refractivity contribution >= 4 is 0 Å². The van der Waals surface area contributed by atoms with Crippen molar-refractivity contribution in [2.24, 2.45) is 0 Å². The van der Waals surface area contributed by atoms with Crippen LogP contribution in [0.5, 0.6) is 0 Å². The molecule has 0 amide bonds. The van der Waals surface area contributed by atoms with E-state index in [1.54, 1.807) is 0 Å². The topological polar surface area (TPSA) is 541 Å². The van der Waals surface area contributed by atoms with Gasteiger partial charge >= 0.3 is 58.4 Å². The zero-order valence-corrected chi connectivity index (χ0v) is 16.1. The van der Waals surface area contributed by atoms with Crippen LogP contribution in [-0.4, -0.2) is 11.0 Å². The van der Waals surface area contributed by atoms with Gasteiger partial charge in [0.05, 0.1) is 0 Å². The van der Waals surface area contributed by atoms with E-state index in [0.717, 1.165) is 0 Å². The van der Waals surface area contributed by atoms with Gasteiger partial charge in [-0.05, 0) is 0 Å². The van der Waals surface area contributed by atoms with Gasteiger partial charge in [0.2, 0.25) is 0 Å². The van der Waals surface area contributed by atoms with E-state index in [0.29, 0.717) is 0 Å². The summed E-state index contributed by atoms with van der Waals surface area (Å²) in [6.07, 6.45) is 0. The molecule has 0 spiro atoms. The molecule has 0 rings (SSSR count). The molecule has 0 aromatic heterocycles. The van der Waals surface area contributed by atoms with Crippen molar-refractivity contribution in [3.05, 3.63) is 49.2 Å². The third kappa shape index (κ3) is 3770. The van der Waals surface area contributed by atoms with Crippen molar-refractivity contribution in [2.45, 2.75) is 0 Å². The van der Waals surface area contributed by atoms with Gasteiger partial charge in [-0.25, -0.2) is 0 Å². The Balaban J connectivity index is 0. The second kappa shape index (κ2) is 4220. The molecule has 2 radical (unpaired) electrons. The van der Waals surface area contributed by atoms with E-state index in [1.165, 1.54) is 0 Å². The molecular formula is H38N14O2Ru3+6. The summed E-state index contributed by atoms with van der Waals surface area (Å²) in [5.41, 5.74) is 0. The summed E-state index contributed by atoms with van der Waals surface area (Å²) in [5, 5.41) is 0. The van der Waals surface area contributed by atoms with Crippen LogP contribution in [0, 0.1) is 0 Å². The molecule has 16 nitrogen and oxygen atoms in total. The first-order valence-corrected chi connectivity index (χ1v) is 0. The molecule has 0 saturated carbocycles. The maximum absolute atomic E-state index is 0. The Morgan fingerprint density at radius 3 is 0.263 bits per heavy atom. The summed E-state index contributed by atoms with van der Waals surface area (Å²) in [6.45, 7) is 0. The summed E-state index contributed by atoms with van der Waals surface area (Å²) < 4.78 is 0. The normalized spacial score (nSPS) is 0. The fraction of sp³-hybridized carbons (Fsp3) is 0. The second-order valence-electron chi connectivity index (χ2n) is 0. The third-order valence-electron chi connectivity index (χ3n) is 0. The molecular weight excluding hydrogens is 531 g/mol. The maximum atomic E-state index is 0. The first-order chi connectivity index (χ1) is 0. The van der Waals surface area contributed by atoms with E-state index in [4.69, 9.17) is 0 Å². The third-order valence-corrected chi connectivity index (χ3v) is 0. The van der Waals surface area contributed by atoms with Crippen molar-refractivity contribution in [1.29, 1.82) is 0 Å². The van der Waals surface area contributed by atoms with Crippen LogP contribution < -0.4 is 36.9 Å². The SMILES string of the molecule is N.N.N.N.N.N.O.O.[NH2-].[NH2-].[NH2-].[NH2-].[NH2-].[NH2-].[NH2-].[NH2-].[Ru+4].[Ru+5].[Ru+5]. The van der Waals surface area contributed by atoms with Crippen molar-refractivity contribution < 1.29 is 69.4 Å². The van der Waals surface area contributed by atoms with Crippen LogP contribution in [0.25, 0.3) is 49.2 Å². The Bertz CT molecular complexity index is 20.7. The molecule has 19 heavy (non-hydrogen) atoms. The Hall–Kier alpha value is 1.23. The molecule has 0 aliphatic carbocycles. The van der Waals surface area contributed by atoms with Crippen molar-refractivity contribution in [1.82, 2.24) is 36.9 Å². The van der Waals surface area contributed by atoms with Gasteiger partial charge in [-0.1, -0.05) is 0 Å². The van der Waals surface area contributed by atoms with E-state index in [-0.39, 0.29) is 155 Å². The van der Waals surface area contributed by atoms with E-state index < -0.39 is 0 Å². The van der Waals surface area contributed by atoms with Crippen molar-refractivity contribution in [3.8, 4) is 0 Å². The van der Waals surface area contributed by atoms with Gasteiger partial charge in [-0.3, -0.25) is 0 Å². The number of hydrogen-bond donors (Lipinski definition) is 6. The van der Waals surface area contributed by atoms with E-state index in [1.807, 2.05) is 0 Å². The van der Waals surface area contributed by atoms with Gasteiger partial charge in [0.25, 0.3) is 0 Å². The standard InChI is InChI=1S/6H3N.8H2N.2H2O.3Ru/h6*1H3;10*1H2;;;/q;;;;;;8*-1;;;+4;2*+5. The first-order valence-electron chi connectivity index (χ1n) is 0. The Labute approximate surface area is 155 Å². The van der Waals surface area contributed by atoms with Gasteiger partial charge in [-0.2, -0.15) is 0 Å². The summed E-state index contributed by atoms with van der Waals surface area (Å²) in [5.74, 6) is 0. The molecule has 0 aromatic rings. The van der Waals surface area contributed by atoms with Gasteiger partial charge < -0.3 is 97.1 Å². The molecule has 0 bridgehead atoms. The fourth-order valence-corrected chi connectivity index (χ4v) is 0. The molecule has 0 heterocycles. The van der Waals surface area contributed by atoms with Gasteiger partial charge in [0, 0.05) is 0 Å². The predicted octanol–water partition coefficient (Wildman–Crippen LogP) is 5.05. The predicted molar refractivity (Wildman–Crippen MR) is 79.6 cm³/mol. The summed E-state index contributed by atoms with van der Waals surface area (Å²) in [6, 6.07) is 0. The van der Waals surface area contributed by atoms with Crippen LogP contribution in [0.4, 0.5) is 0 Å². The van der Waals surface area contributed by atoms with Crippen LogP contribution >= 0.6 is 0 Å². The molecule has 0 saturated heterocycles. The second-order valence-corrected chi connectivity index (χ2v) is 0. The van der Waals surface area contributed by atoms with Gasteiger partial charge in [0.1, 0.15) is 0 Å². The van der Waals surface area contributed by atoms with Crippen molar-refractivity contribution in [2.75, 3.05) is 0 Å². The fourth-order valence-electron chi connectivity index (χ4n) is 0. The summed E-state index contributed by atoms with van der Waals surface area (Å²) >= 11 is 0. The van der Waals surface area contributed by atoms with Gasteiger partial charge in [0.15, 0.2) is 0 Å². The van der Waals surface area contributed by atoms with E-state index in [9.17, 15) is 0 Å². The van der Waals surface area contributed by atoms with Crippen LogP contribution in [0.3, 0.4) is 0 Å². The minimum Gasteiger partial charge on any atom is -0.693 e. The van der Waals surface area contributed by atoms with Crippen LogP contribution in [-0.2, 0) is 58.4 Å². The Morgan fingerprint density at radius 1 is 0.263 bits per heavy atom. The molecule has 0 fully saturated rings. The Morgan fingerprint density at radius 2 is 0.263 bits per heavy atom. The largest absolute Gasteiger partial charge is 5.00 e. The molecule has 0 atom stereocenters. The van der Waals surface area contributed by atoms with Crippen LogP contribution in [0.1, 0.15) is 0 Å². The zero-order valence-electron chi connectivity index (χ0n) is 10.9. The maximum Gasteiger partial charge on any atom is 5.00 e. The molecule has 0 aliphatic rings. The van der Waals surface area contributed by atoms with Gasteiger partial charge in [-0.15, -0.1) is 0 Å². The van der Waals surface area contributed by atoms with Crippen molar-refractivity contribution in [3.63, 3.8) is 0 Å².